The number of nitrogens with two attached hydrogens (primary N) is 1. The quantitative estimate of drug-likeness (QED) is 0.379. The van der Waals surface area contributed by atoms with Crippen LogP contribution >= 0.6 is 0 Å². The van der Waals surface area contributed by atoms with Gasteiger partial charge in [-0.1, -0.05) is 11.0 Å². The molecule has 0 aromatic carbocycles. The van der Waals surface area contributed by atoms with Crippen LogP contribution in [0.3, 0.4) is 0 Å². The maximum Gasteiger partial charge on any atom is 0.356 e. The van der Waals surface area contributed by atoms with E-state index in [1.807, 2.05) is 0 Å². The summed E-state index contributed by atoms with van der Waals surface area (Å²) in [6.45, 7) is 0.100. The molecule has 0 aromatic rings. The van der Waals surface area contributed by atoms with Crippen LogP contribution in [-0.4, -0.2) is 12.6 Å². The van der Waals surface area contributed by atoms with Crippen LogP contribution in [0.1, 0.15) is 0 Å². The number of hydrogen-bond donors (Lipinski definition) is 1. The molecule has 8 heavy (non-hydrogen) atoms. The van der Waals surface area contributed by atoms with E-state index in [1.54, 1.807) is 0 Å². The number of amides is 2. The summed E-state index contributed by atoms with van der Waals surface area (Å²) in [5.41, 5.74) is 4.57. The lowest BCUT2D eigenvalue weighted by molar-refractivity contribution is 0.255. The third-order valence-corrected chi connectivity index (χ3v) is 0.331. The minimum absolute atomic E-state index is 0.100. The van der Waals surface area contributed by atoms with Gasteiger partial charge in [-0.05, 0) is 0 Å². The zero-order chi connectivity index (χ0) is 6.41. The van der Waals surface area contributed by atoms with E-state index in [-0.39, 0.29) is 6.54 Å². The molecule has 0 fully saturated rings. The number of nitrogens with zero attached hydrogens (tertiary/aromatic N) is 2. The van der Waals surface area contributed by atoms with Crippen molar-refractivity contribution in [1.29, 1.82) is 0 Å². The maximum absolute atomic E-state index is 9.77. The minimum Gasteiger partial charge on any atom is -0.348 e. The molecule has 0 saturated carbocycles. The van der Waals surface area contributed by atoms with Crippen LogP contribution in [-0.2, 0) is 0 Å². The van der Waals surface area contributed by atoms with Crippen LogP contribution < -0.4 is 5.73 Å². The average molecular weight is 111 g/mol. The summed E-state index contributed by atoms with van der Waals surface area (Å²) in [6.07, 6.45) is 4.76. The molecule has 2 amide bonds. The minimum atomic E-state index is -0.819. The second-order valence-corrected chi connectivity index (χ2v) is 0.942. The van der Waals surface area contributed by atoms with Crippen LogP contribution in [0.4, 0.5) is 4.79 Å². The Balaban J connectivity index is 3.38. The Kier molecular flexibility index (Phi) is 3.16. The highest BCUT2D eigenvalue weighted by Crippen LogP contribution is 1.71. The number of terminal acetylenes is 1. The number of carbonyl (C=O) groups is 1. The van der Waals surface area contributed by atoms with Gasteiger partial charge in [-0.3, -0.25) is 0 Å². The van der Waals surface area contributed by atoms with E-state index in [1.165, 1.54) is 0 Å². The third kappa shape index (κ3) is 4.63. The van der Waals surface area contributed by atoms with E-state index in [2.05, 4.69) is 21.9 Å². The molecule has 0 aliphatic rings. The number of hydrogen-bond acceptors (Lipinski definition) is 2. The molecule has 0 aliphatic heterocycles. The fourth-order valence-corrected chi connectivity index (χ4v) is 0.146. The first-order valence-corrected chi connectivity index (χ1v) is 1.87. The predicted octanol–water partition coefficient (Wildman–Crippen LogP) is 0.151. The van der Waals surface area contributed by atoms with E-state index >= 15 is 0 Å². The van der Waals surface area contributed by atoms with Crippen molar-refractivity contribution in [2.24, 2.45) is 16.0 Å². The highest BCUT2D eigenvalue weighted by Gasteiger charge is 1.79. The average Bonchev–Trinajstić information content (AvgIpc) is 1.66. The van der Waals surface area contributed by atoms with Crippen molar-refractivity contribution < 1.29 is 4.79 Å². The largest absolute Gasteiger partial charge is 0.356 e. The molecule has 0 saturated heterocycles. The lowest BCUT2D eigenvalue weighted by Crippen LogP contribution is -2.02. The van der Waals surface area contributed by atoms with Gasteiger partial charge in [-0.25, -0.2) is 4.79 Å². The summed E-state index contributed by atoms with van der Waals surface area (Å²) in [7, 11) is 0. The smallest absolute Gasteiger partial charge is 0.348 e. The van der Waals surface area contributed by atoms with Gasteiger partial charge in [0.2, 0.25) is 0 Å². The summed E-state index contributed by atoms with van der Waals surface area (Å²) >= 11 is 0. The molecule has 0 unspecified atom stereocenters. The SMILES string of the molecule is C#CCN=NC(N)=O. The topological polar surface area (TPSA) is 67.8 Å². The normalized spacial score (nSPS) is 8.88. The van der Waals surface area contributed by atoms with Crippen molar-refractivity contribution >= 4 is 6.03 Å². The van der Waals surface area contributed by atoms with Crippen molar-refractivity contribution in [1.82, 2.24) is 0 Å². The van der Waals surface area contributed by atoms with Crippen molar-refractivity contribution in [3.05, 3.63) is 0 Å². The third-order valence-electron chi connectivity index (χ3n) is 0.331. The monoisotopic (exact) mass is 111 g/mol. The zero-order valence-electron chi connectivity index (χ0n) is 4.16. The van der Waals surface area contributed by atoms with E-state index in [9.17, 15) is 4.79 Å². The Hall–Kier alpha value is -1.37. The van der Waals surface area contributed by atoms with Gasteiger partial charge in [0.25, 0.3) is 0 Å². The highest BCUT2D eigenvalue weighted by molar-refractivity contribution is 5.71. The lowest BCUT2D eigenvalue weighted by Gasteiger charge is -1.74. The molecule has 2 N–H and O–H groups in total. The first kappa shape index (κ1) is 6.63. The first-order chi connectivity index (χ1) is 3.77. The molecule has 4 nitrogen and oxygen atoms in total. The maximum atomic E-state index is 9.77. The summed E-state index contributed by atoms with van der Waals surface area (Å²) < 4.78 is 0. The van der Waals surface area contributed by atoms with Gasteiger partial charge in [-0.15, -0.1) is 6.42 Å². The first-order valence-electron chi connectivity index (χ1n) is 1.87. The molecule has 0 aliphatic carbocycles. The second kappa shape index (κ2) is 3.81. The van der Waals surface area contributed by atoms with Crippen molar-refractivity contribution in [2.45, 2.75) is 0 Å². The molecule has 4 heteroatoms. The summed E-state index contributed by atoms with van der Waals surface area (Å²) in [4.78, 5) is 9.77. The van der Waals surface area contributed by atoms with Gasteiger partial charge in [0.05, 0.1) is 0 Å². The number of urea groups is 1. The Morgan fingerprint density at radius 1 is 1.88 bits per heavy atom. The second-order valence-electron chi connectivity index (χ2n) is 0.942. The van der Waals surface area contributed by atoms with E-state index in [0.29, 0.717) is 0 Å². The van der Waals surface area contributed by atoms with Crippen molar-refractivity contribution in [3.8, 4) is 12.3 Å². The number of carbonyl (C=O) groups excluding carboxylic acids is 1. The molecule has 0 spiro atoms. The predicted molar refractivity (Wildman–Crippen MR) is 28.1 cm³/mol. The summed E-state index contributed by atoms with van der Waals surface area (Å²) in [5, 5.41) is 6.14. The molecular formula is C4H5N3O. The molecule has 0 aromatic heterocycles. The molecule has 0 rings (SSSR count). The Labute approximate surface area is 46.8 Å². The highest BCUT2D eigenvalue weighted by atomic mass is 16.2. The Bertz CT molecular complexity index is 144. The molecule has 0 heterocycles. The van der Waals surface area contributed by atoms with Gasteiger partial charge in [-0.2, -0.15) is 5.11 Å². The van der Waals surface area contributed by atoms with Gasteiger partial charge in [0.1, 0.15) is 6.54 Å². The Morgan fingerprint density at radius 2 is 2.50 bits per heavy atom. The molecule has 0 atom stereocenters. The molecule has 42 valence electrons. The van der Waals surface area contributed by atoms with Crippen molar-refractivity contribution in [3.63, 3.8) is 0 Å². The van der Waals surface area contributed by atoms with Crippen LogP contribution in [0.15, 0.2) is 10.2 Å². The van der Waals surface area contributed by atoms with Crippen LogP contribution in [0, 0.1) is 12.3 Å². The molecule has 0 bridgehead atoms. The number of azo groups is 1. The van der Waals surface area contributed by atoms with Crippen LogP contribution in [0.25, 0.3) is 0 Å². The van der Waals surface area contributed by atoms with E-state index in [0.717, 1.165) is 0 Å². The summed E-state index contributed by atoms with van der Waals surface area (Å²) in [5.74, 6) is 2.15. The fourth-order valence-electron chi connectivity index (χ4n) is 0.146. The van der Waals surface area contributed by atoms with E-state index in [4.69, 9.17) is 6.42 Å². The fraction of sp³-hybridized carbons (Fsp3) is 0.250. The van der Waals surface area contributed by atoms with Crippen LogP contribution in [0.5, 0.6) is 0 Å². The van der Waals surface area contributed by atoms with E-state index < -0.39 is 6.03 Å². The van der Waals surface area contributed by atoms with Crippen LogP contribution in [0.2, 0.25) is 0 Å². The lowest BCUT2D eigenvalue weighted by atomic mass is 10.7. The zero-order valence-corrected chi connectivity index (χ0v) is 4.16. The van der Waals surface area contributed by atoms with Gasteiger partial charge in [0, 0.05) is 0 Å². The Morgan fingerprint density at radius 3 is 2.88 bits per heavy atom. The standard InChI is InChI=1S/C4H5N3O/c1-2-3-6-7-4(5)8/h1H,3H2,(H2,5,8). The van der Waals surface area contributed by atoms with Crippen molar-refractivity contribution in [2.75, 3.05) is 6.54 Å². The van der Waals surface area contributed by atoms with Gasteiger partial charge < -0.3 is 5.73 Å². The number of primary amides is 1. The number of rotatable bonds is 1. The van der Waals surface area contributed by atoms with Gasteiger partial charge in [0.15, 0.2) is 0 Å². The molecular weight excluding hydrogens is 106 g/mol. The van der Waals surface area contributed by atoms with Gasteiger partial charge >= 0.3 is 6.03 Å². The summed E-state index contributed by atoms with van der Waals surface area (Å²) in [6, 6.07) is -0.819. The molecule has 0 radical (unpaired) electrons.